The number of phenols is 1. The van der Waals surface area contributed by atoms with Gasteiger partial charge in [0.15, 0.2) is 5.82 Å². The summed E-state index contributed by atoms with van der Waals surface area (Å²) in [5, 5.41) is 12.2. The van der Waals surface area contributed by atoms with Crippen LogP contribution < -0.4 is 14.3 Å². The molecule has 1 atom stereocenters. The molecule has 0 aliphatic carbocycles. The van der Waals surface area contributed by atoms with Crippen molar-refractivity contribution in [1.29, 1.82) is 0 Å². The Morgan fingerprint density at radius 3 is 2.59 bits per heavy atom. The van der Waals surface area contributed by atoms with Gasteiger partial charge < -0.3 is 5.11 Å². The number of rotatable bonds is 5. The molecule has 0 unspecified atom stereocenters. The number of aromatic hydroxyl groups is 1. The first kappa shape index (κ1) is 21.4. The molecule has 1 fully saturated rings. The maximum Gasteiger partial charge on any atom is 0.329 e. The molecule has 11 heteroatoms. The summed E-state index contributed by atoms with van der Waals surface area (Å²) in [6.45, 7) is 3.21. The minimum Gasteiger partial charge on any atom is -0.506 e. The summed E-state index contributed by atoms with van der Waals surface area (Å²) in [5.74, 6) is -2.70. The van der Waals surface area contributed by atoms with E-state index in [1.54, 1.807) is 4.72 Å². The van der Waals surface area contributed by atoms with Gasteiger partial charge in [-0.15, -0.1) is 0 Å². The second-order valence-electron chi connectivity index (χ2n) is 7.57. The second-order valence-corrected chi connectivity index (χ2v) is 9.17. The SMILES string of the molecule is CC(C)CC[C@@H]1CC=C(c2ccc(O)c(N3CC(=O)NS3(=O)=O)c2F)C(F)(F)N1. The minimum atomic E-state index is -4.42. The molecule has 7 nitrogen and oxygen atoms in total. The van der Waals surface area contributed by atoms with E-state index in [-0.39, 0.29) is 6.42 Å². The number of carbonyl (C=O) groups excluding carboxylic acids is 1. The molecule has 160 valence electrons. The topological polar surface area (TPSA) is 98.7 Å². The lowest BCUT2D eigenvalue weighted by molar-refractivity contribution is -0.117. The molecule has 1 aromatic rings. The molecule has 0 spiro atoms. The molecule has 3 rings (SSSR count). The predicted molar refractivity (Wildman–Crippen MR) is 101 cm³/mol. The van der Waals surface area contributed by atoms with Gasteiger partial charge in [-0.1, -0.05) is 19.9 Å². The first-order valence-corrected chi connectivity index (χ1v) is 10.6. The van der Waals surface area contributed by atoms with Gasteiger partial charge in [0.1, 0.15) is 18.0 Å². The summed E-state index contributed by atoms with van der Waals surface area (Å²) in [7, 11) is -4.42. The molecule has 2 aliphatic rings. The summed E-state index contributed by atoms with van der Waals surface area (Å²) >= 11 is 0. The molecule has 0 radical (unpaired) electrons. The van der Waals surface area contributed by atoms with Crippen LogP contribution in [0.25, 0.3) is 5.57 Å². The summed E-state index contributed by atoms with van der Waals surface area (Å²) in [6.07, 6.45) is 2.75. The minimum absolute atomic E-state index is 0.245. The largest absolute Gasteiger partial charge is 0.506 e. The molecule has 0 aromatic heterocycles. The van der Waals surface area contributed by atoms with Crippen molar-refractivity contribution < 1.29 is 31.5 Å². The van der Waals surface area contributed by atoms with Crippen LogP contribution in [-0.4, -0.2) is 38.1 Å². The fraction of sp³-hybridized carbons (Fsp3) is 0.500. The van der Waals surface area contributed by atoms with Gasteiger partial charge in [0.05, 0.1) is 0 Å². The van der Waals surface area contributed by atoms with Gasteiger partial charge >= 0.3 is 16.3 Å². The average molecular weight is 433 g/mol. The molecule has 3 N–H and O–H groups in total. The summed E-state index contributed by atoms with van der Waals surface area (Å²) in [6, 6.07) is -2.14. The number of hydrogen-bond donors (Lipinski definition) is 3. The number of benzene rings is 1. The standard InChI is InChI=1S/C18H22F3N3O4S/c1-10(2)3-4-11-5-7-13(18(20,21)22-11)12-6-8-14(25)17(16(12)19)24-9-15(26)23-29(24,27)28/h6-8,10-11,22,25H,3-5,9H2,1-2H3,(H,23,26)/t11-/m1/s1. The average Bonchev–Trinajstić information content (AvgIpc) is 2.86. The van der Waals surface area contributed by atoms with E-state index in [9.17, 15) is 27.1 Å². The fourth-order valence-corrected chi connectivity index (χ4v) is 4.59. The first-order chi connectivity index (χ1) is 13.4. The number of nitrogens with zero attached hydrogens (tertiary/aromatic N) is 1. The van der Waals surface area contributed by atoms with Crippen molar-refractivity contribution in [3.63, 3.8) is 0 Å². The van der Waals surface area contributed by atoms with E-state index in [2.05, 4.69) is 5.32 Å². The van der Waals surface area contributed by atoms with Crippen LogP contribution in [-0.2, 0) is 15.0 Å². The highest BCUT2D eigenvalue weighted by Crippen LogP contribution is 2.42. The number of alkyl halides is 2. The van der Waals surface area contributed by atoms with Gasteiger partial charge in [0.25, 0.3) is 5.91 Å². The lowest BCUT2D eigenvalue weighted by atomic mass is 9.92. The Morgan fingerprint density at radius 2 is 2.03 bits per heavy atom. The third kappa shape index (κ3) is 4.20. The van der Waals surface area contributed by atoms with Crippen molar-refractivity contribution >= 4 is 27.4 Å². The zero-order valence-corrected chi connectivity index (χ0v) is 16.7. The van der Waals surface area contributed by atoms with Crippen LogP contribution in [0.5, 0.6) is 5.75 Å². The third-order valence-electron chi connectivity index (χ3n) is 4.88. The van der Waals surface area contributed by atoms with E-state index >= 15 is 4.39 Å². The van der Waals surface area contributed by atoms with E-state index < -0.39 is 63.1 Å². The van der Waals surface area contributed by atoms with Gasteiger partial charge in [0.2, 0.25) is 0 Å². The number of anilines is 1. The molecule has 1 saturated heterocycles. The molecule has 1 amide bonds. The van der Waals surface area contributed by atoms with Crippen LogP contribution in [0.15, 0.2) is 18.2 Å². The van der Waals surface area contributed by atoms with Gasteiger partial charge in [-0.2, -0.15) is 17.2 Å². The highest BCUT2D eigenvalue weighted by molar-refractivity contribution is 7.92. The molecule has 0 bridgehead atoms. The summed E-state index contributed by atoms with van der Waals surface area (Å²) in [4.78, 5) is 11.4. The Hall–Kier alpha value is -2.27. The van der Waals surface area contributed by atoms with E-state index in [4.69, 9.17) is 0 Å². The maximum absolute atomic E-state index is 15.1. The Labute approximate surface area is 166 Å². The number of amides is 1. The normalized spacial score (nSPS) is 23.2. The molecule has 29 heavy (non-hydrogen) atoms. The summed E-state index contributed by atoms with van der Waals surface area (Å²) < 4.78 is 70.6. The second kappa shape index (κ2) is 7.52. The molecule has 2 heterocycles. The van der Waals surface area contributed by atoms with Gasteiger partial charge in [0, 0.05) is 17.2 Å². The zero-order valence-electron chi connectivity index (χ0n) is 15.9. The molecular weight excluding hydrogens is 411 g/mol. The lowest BCUT2D eigenvalue weighted by Crippen LogP contribution is -2.47. The monoisotopic (exact) mass is 433 g/mol. The quantitative estimate of drug-likeness (QED) is 0.620. The third-order valence-corrected chi connectivity index (χ3v) is 6.25. The van der Waals surface area contributed by atoms with Crippen molar-refractivity contribution in [2.45, 2.75) is 45.2 Å². The van der Waals surface area contributed by atoms with E-state index in [0.29, 0.717) is 16.6 Å². The molecule has 1 aromatic carbocycles. The van der Waals surface area contributed by atoms with Crippen LogP contribution in [0, 0.1) is 11.7 Å². The Bertz CT molecular complexity index is 963. The number of hydrogen-bond acceptors (Lipinski definition) is 5. The number of phenolic OH excluding ortho intramolecular Hbond substituents is 1. The highest BCUT2D eigenvalue weighted by atomic mass is 32.2. The Kier molecular flexibility index (Phi) is 5.56. The Balaban J connectivity index is 1.99. The molecule has 2 aliphatic heterocycles. The number of nitrogens with one attached hydrogen (secondary N) is 2. The van der Waals surface area contributed by atoms with Crippen molar-refractivity contribution in [2.24, 2.45) is 5.92 Å². The van der Waals surface area contributed by atoms with Crippen molar-refractivity contribution in [1.82, 2.24) is 10.0 Å². The summed E-state index contributed by atoms with van der Waals surface area (Å²) in [5.41, 5.74) is -2.04. The fourth-order valence-electron chi connectivity index (χ4n) is 3.43. The van der Waals surface area contributed by atoms with Crippen LogP contribution in [0.2, 0.25) is 0 Å². The van der Waals surface area contributed by atoms with Crippen molar-refractivity contribution in [3.05, 3.63) is 29.6 Å². The van der Waals surface area contributed by atoms with Crippen molar-refractivity contribution in [2.75, 3.05) is 10.8 Å². The van der Waals surface area contributed by atoms with Gasteiger partial charge in [-0.05, 0) is 37.3 Å². The zero-order chi connectivity index (χ0) is 21.6. The predicted octanol–water partition coefficient (Wildman–Crippen LogP) is 2.49. The molecular formula is C18H22F3N3O4S. The number of carbonyl (C=O) groups is 1. The van der Waals surface area contributed by atoms with E-state index in [0.717, 1.165) is 18.6 Å². The number of halogens is 3. The van der Waals surface area contributed by atoms with Crippen LogP contribution in [0.4, 0.5) is 18.9 Å². The van der Waals surface area contributed by atoms with Crippen LogP contribution in [0.3, 0.4) is 0 Å². The smallest absolute Gasteiger partial charge is 0.329 e. The van der Waals surface area contributed by atoms with E-state index in [1.807, 2.05) is 13.8 Å². The van der Waals surface area contributed by atoms with Crippen LogP contribution in [0.1, 0.15) is 38.7 Å². The van der Waals surface area contributed by atoms with Gasteiger partial charge in [-0.3, -0.25) is 10.1 Å². The van der Waals surface area contributed by atoms with Crippen LogP contribution >= 0.6 is 0 Å². The van der Waals surface area contributed by atoms with E-state index in [1.165, 1.54) is 6.08 Å². The van der Waals surface area contributed by atoms with Crippen molar-refractivity contribution in [3.8, 4) is 5.75 Å². The maximum atomic E-state index is 15.1. The highest BCUT2D eigenvalue weighted by Gasteiger charge is 2.43. The lowest BCUT2D eigenvalue weighted by Gasteiger charge is -2.32. The first-order valence-electron chi connectivity index (χ1n) is 9.13. The Morgan fingerprint density at radius 1 is 1.34 bits per heavy atom. The molecule has 0 saturated carbocycles. The van der Waals surface area contributed by atoms with Gasteiger partial charge in [-0.25, -0.2) is 13.4 Å².